The van der Waals surface area contributed by atoms with E-state index in [-0.39, 0.29) is 0 Å². The van der Waals surface area contributed by atoms with Crippen molar-refractivity contribution in [1.29, 1.82) is 0 Å². The molecule has 0 aliphatic rings. The van der Waals surface area contributed by atoms with Gasteiger partial charge in [0, 0.05) is 58.6 Å². The lowest BCUT2D eigenvalue weighted by Crippen LogP contribution is -2.38. The first-order valence-corrected chi connectivity index (χ1v) is 8.35. The fourth-order valence-electron chi connectivity index (χ4n) is 2.80. The first-order chi connectivity index (χ1) is 12.2. The number of fused-ring (bicyclic) bond motifs is 1. The molecular formula is C17H24N8. The average molecular weight is 340 g/mol. The van der Waals surface area contributed by atoms with E-state index in [1.165, 1.54) is 0 Å². The summed E-state index contributed by atoms with van der Waals surface area (Å²) < 4.78 is 3.84. The molecule has 0 fully saturated rings. The Morgan fingerprint density at radius 3 is 2.96 bits per heavy atom. The summed E-state index contributed by atoms with van der Waals surface area (Å²) in [6.45, 7) is 1.59. The van der Waals surface area contributed by atoms with Crippen LogP contribution in [0.4, 0.5) is 0 Å². The minimum atomic E-state index is 0.766. The normalized spacial score (nSPS) is 11.9. The number of nitrogens with zero attached hydrogens (tertiary/aromatic N) is 7. The third-order valence-corrected chi connectivity index (χ3v) is 4.00. The van der Waals surface area contributed by atoms with Crippen molar-refractivity contribution in [3.8, 4) is 0 Å². The Labute approximate surface area is 147 Å². The van der Waals surface area contributed by atoms with Gasteiger partial charge in [-0.15, -0.1) is 10.2 Å². The van der Waals surface area contributed by atoms with Gasteiger partial charge in [0.1, 0.15) is 5.82 Å². The minimum absolute atomic E-state index is 0.766. The van der Waals surface area contributed by atoms with Crippen molar-refractivity contribution in [2.75, 3.05) is 20.6 Å². The van der Waals surface area contributed by atoms with Gasteiger partial charge >= 0.3 is 0 Å². The van der Waals surface area contributed by atoms with Gasteiger partial charge < -0.3 is 10.2 Å². The molecule has 0 radical (unpaired) electrons. The minimum Gasteiger partial charge on any atom is -0.356 e. The Balaban J connectivity index is 1.48. The standard InChI is InChI=1S/C17H24N8/c1-18-17(23(2)12-14-11-20-24(3)13-14)19-9-6-8-16-22-21-15-7-4-5-10-25(15)16/h4-5,7,10-11,13H,6,8-9,12H2,1-3H3,(H,18,19). The summed E-state index contributed by atoms with van der Waals surface area (Å²) in [6.07, 6.45) is 7.70. The molecule has 0 saturated heterocycles. The molecule has 0 aliphatic heterocycles. The van der Waals surface area contributed by atoms with Crippen molar-refractivity contribution in [2.24, 2.45) is 12.0 Å². The highest BCUT2D eigenvalue weighted by Gasteiger charge is 2.08. The lowest BCUT2D eigenvalue weighted by molar-refractivity contribution is 0.475. The number of pyridine rings is 1. The molecule has 132 valence electrons. The Bertz CT molecular complexity index is 847. The molecule has 0 spiro atoms. The van der Waals surface area contributed by atoms with E-state index in [1.807, 2.05) is 60.0 Å². The Morgan fingerprint density at radius 2 is 2.20 bits per heavy atom. The smallest absolute Gasteiger partial charge is 0.193 e. The van der Waals surface area contributed by atoms with Crippen LogP contribution in [0.5, 0.6) is 0 Å². The first-order valence-electron chi connectivity index (χ1n) is 8.35. The van der Waals surface area contributed by atoms with Crippen LogP contribution in [-0.2, 0) is 20.0 Å². The van der Waals surface area contributed by atoms with Crippen molar-refractivity contribution in [3.05, 3.63) is 48.2 Å². The zero-order chi connectivity index (χ0) is 17.6. The van der Waals surface area contributed by atoms with E-state index < -0.39 is 0 Å². The molecule has 0 amide bonds. The molecule has 3 aromatic rings. The van der Waals surface area contributed by atoms with Crippen molar-refractivity contribution < 1.29 is 0 Å². The van der Waals surface area contributed by atoms with Gasteiger partial charge in [0.2, 0.25) is 0 Å². The number of rotatable bonds is 6. The van der Waals surface area contributed by atoms with Gasteiger partial charge in [-0.2, -0.15) is 5.10 Å². The van der Waals surface area contributed by atoms with Gasteiger partial charge in [0.25, 0.3) is 0 Å². The molecule has 3 aromatic heterocycles. The van der Waals surface area contributed by atoms with Gasteiger partial charge in [-0.3, -0.25) is 14.1 Å². The van der Waals surface area contributed by atoms with E-state index in [4.69, 9.17) is 0 Å². The highest BCUT2D eigenvalue weighted by atomic mass is 15.3. The molecule has 0 bridgehead atoms. The van der Waals surface area contributed by atoms with Crippen molar-refractivity contribution in [2.45, 2.75) is 19.4 Å². The van der Waals surface area contributed by atoms with Crippen LogP contribution in [0, 0.1) is 0 Å². The summed E-state index contributed by atoms with van der Waals surface area (Å²) in [5, 5.41) is 16.0. The molecular weight excluding hydrogens is 316 g/mol. The van der Waals surface area contributed by atoms with Crippen molar-refractivity contribution >= 4 is 11.6 Å². The number of guanidine groups is 1. The summed E-state index contributed by atoms with van der Waals surface area (Å²) in [6, 6.07) is 5.93. The predicted molar refractivity (Wildman–Crippen MR) is 97.3 cm³/mol. The summed E-state index contributed by atoms with van der Waals surface area (Å²) >= 11 is 0. The molecule has 0 saturated carbocycles. The zero-order valence-electron chi connectivity index (χ0n) is 14.9. The molecule has 3 heterocycles. The van der Waals surface area contributed by atoms with Crippen LogP contribution in [0.25, 0.3) is 5.65 Å². The molecule has 0 unspecified atom stereocenters. The second-order valence-electron chi connectivity index (χ2n) is 6.00. The molecule has 8 nitrogen and oxygen atoms in total. The zero-order valence-corrected chi connectivity index (χ0v) is 14.9. The molecule has 25 heavy (non-hydrogen) atoms. The average Bonchev–Trinajstić information content (AvgIpc) is 3.21. The van der Waals surface area contributed by atoms with E-state index >= 15 is 0 Å². The van der Waals surface area contributed by atoms with Gasteiger partial charge in [-0.25, -0.2) is 0 Å². The van der Waals surface area contributed by atoms with Crippen LogP contribution in [0.1, 0.15) is 17.8 Å². The summed E-state index contributed by atoms with van der Waals surface area (Å²) in [5.74, 6) is 1.85. The Morgan fingerprint density at radius 1 is 1.32 bits per heavy atom. The molecule has 8 heteroatoms. The number of aromatic nitrogens is 5. The van der Waals surface area contributed by atoms with Gasteiger partial charge in [0.15, 0.2) is 11.6 Å². The molecule has 0 atom stereocenters. The van der Waals surface area contributed by atoms with Crippen molar-refractivity contribution in [3.63, 3.8) is 0 Å². The molecule has 0 aliphatic carbocycles. The van der Waals surface area contributed by atoms with E-state index in [9.17, 15) is 0 Å². The maximum Gasteiger partial charge on any atom is 0.193 e. The van der Waals surface area contributed by atoms with Gasteiger partial charge in [-0.1, -0.05) is 6.07 Å². The molecule has 0 aromatic carbocycles. The van der Waals surface area contributed by atoms with E-state index in [0.717, 1.165) is 48.9 Å². The third kappa shape index (κ3) is 4.14. The van der Waals surface area contributed by atoms with Gasteiger partial charge in [0.05, 0.1) is 6.20 Å². The van der Waals surface area contributed by atoms with Crippen LogP contribution in [0.15, 0.2) is 41.8 Å². The maximum absolute atomic E-state index is 4.35. The predicted octanol–water partition coefficient (Wildman–Crippen LogP) is 1.10. The first kappa shape index (κ1) is 16.9. The number of aryl methyl sites for hydroxylation is 2. The SMILES string of the molecule is CN=C(NCCCc1nnc2ccccn12)N(C)Cc1cnn(C)c1. The van der Waals surface area contributed by atoms with Crippen LogP contribution in [0.3, 0.4) is 0 Å². The monoisotopic (exact) mass is 340 g/mol. The van der Waals surface area contributed by atoms with Crippen LogP contribution >= 0.6 is 0 Å². The second-order valence-corrected chi connectivity index (χ2v) is 6.00. The summed E-state index contributed by atoms with van der Waals surface area (Å²) in [5.41, 5.74) is 2.04. The van der Waals surface area contributed by atoms with Crippen LogP contribution in [0.2, 0.25) is 0 Å². The largest absolute Gasteiger partial charge is 0.356 e. The fraction of sp³-hybridized carbons (Fsp3) is 0.412. The number of hydrogen-bond donors (Lipinski definition) is 1. The molecule has 1 N–H and O–H groups in total. The number of nitrogens with one attached hydrogen (secondary N) is 1. The Kier molecular flexibility index (Phi) is 5.27. The highest BCUT2D eigenvalue weighted by molar-refractivity contribution is 5.79. The quantitative estimate of drug-likeness (QED) is 0.413. The molecule has 3 rings (SSSR count). The Hall–Kier alpha value is -2.90. The maximum atomic E-state index is 4.35. The fourth-order valence-corrected chi connectivity index (χ4v) is 2.80. The lowest BCUT2D eigenvalue weighted by atomic mass is 10.3. The number of aliphatic imine (C=N–C) groups is 1. The van der Waals surface area contributed by atoms with Crippen LogP contribution < -0.4 is 5.32 Å². The number of hydrogen-bond acceptors (Lipinski definition) is 4. The van der Waals surface area contributed by atoms with Gasteiger partial charge in [-0.05, 0) is 18.6 Å². The summed E-state index contributed by atoms with van der Waals surface area (Å²) in [4.78, 5) is 6.43. The van der Waals surface area contributed by atoms with E-state index in [2.05, 4.69) is 30.5 Å². The third-order valence-electron chi connectivity index (χ3n) is 4.00. The lowest BCUT2D eigenvalue weighted by Gasteiger charge is -2.21. The summed E-state index contributed by atoms with van der Waals surface area (Å²) in [7, 11) is 5.74. The topological polar surface area (TPSA) is 75.6 Å². The van der Waals surface area contributed by atoms with E-state index in [1.54, 1.807) is 7.05 Å². The van der Waals surface area contributed by atoms with E-state index in [0.29, 0.717) is 0 Å². The van der Waals surface area contributed by atoms with Crippen LogP contribution in [-0.4, -0.2) is 55.9 Å². The second kappa shape index (κ2) is 7.78. The van der Waals surface area contributed by atoms with Crippen molar-refractivity contribution in [1.82, 2.24) is 34.6 Å². The highest BCUT2D eigenvalue weighted by Crippen LogP contribution is 2.05.